The van der Waals surface area contributed by atoms with Crippen molar-refractivity contribution in [3.8, 4) is 22.9 Å². The zero-order valence-electron chi connectivity index (χ0n) is 20.9. The second kappa shape index (κ2) is 9.83. The van der Waals surface area contributed by atoms with Crippen LogP contribution in [0.5, 0.6) is 11.6 Å². The predicted molar refractivity (Wildman–Crippen MR) is 139 cm³/mol. The van der Waals surface area contributed by atoms with Crippen LogP contribution in [0.4, 0.5) is 11.5 Å². The molecule has 2 aromatic heterocycles. The Kier molecular flexibility index (Phi) is 6.62. The first kappa shape index (κ1) is 23.6. The quantitative estimate of drug-likeness (QED) is 0.549. The highest BCUT2D eigenvalue weighted by molar-refractivity contribution is 5.69. The Hall–Kier alpha value is -3.17. The van der Waals surface area contributed by atoms with E-state index in [1.165, 1.54) is 18.5 Å². The Labute approximate surface area is 207 Å². The molecule has 0 spiro atoms. The maximum Gasteiger partial charge on any atom is 0.263 e. The van der Waals surface area contributed by atoms with Gasteiger partial charge in [0.25, 0.3) is 5.88 Å². The fourth-order valence-corrected chi connectivity index (χ4v) is 5.07. The van der Waals surface area contributed by atoms with Gasteiger partial charge in [-0.15, -0.1) is 0 Å². The number of hydrogen-bond acceptors (Lipinski definition) is 8. The summed E-state index contributed by atoms with van der Waals surface area (Å²) in [4.78, 5) is 13.9. The molecule has 9 heteroatoms. The molecular weight excluding hydrogens is 440 g/mol. The summed E-state index contributed by atoms with van der Waals surface area (Å²) in [5.41, 5.74) is 16.3. The van der Waals surface area contributed by atoms with Gasteiger partial charge in [0.1, 0.15) is 0 Å². The van der Waals surface area contributed by atoms with Gasteiger partial charge in [0.05, 0.1) is 30.3 Å². The van der Waals surface area contributed by atoms with Gasteiger partial charge >= 0.3 is 0 Å². The normalized spacial score (nSPS) is 20.3. The van der Waals surface area contributed by atoms with Crippen LogP contribution < -0.4 is 21.1 Å². The van der Waals surface area contributed by atoms with Gasteiger partial charge in [-0.05, 0) is 83.4 Å². The molecule has 3 aromatic rings. The van der Waals surface area contributed by atoms with Crippen LogP contribution in [0.2, 0.25) is 0 Å². The maximum atomic E-state index is 6.28. The second-order valence-electron chi connectivity index (χ2n) is 10.0. The summed E-state index contributed by atoms with van der Waals surface area (Å²) in [5.74, 6) is 1.14. The lowest BCUT2D eigenvalue weighted by Gasteiger charge is -2.28. The zero-order valence-corrected chi connectivity index (χ0v) is 20.9. The molecule has 0 amide bonds. The molecule has 2 aliphatic heterocycles. The van der Waals surface area contributed by atoms with Crippen LogP contribution in [0.3, 0.4) is 0 Å². The van der Waals surface area contributed by atoms with E-state index < -0.39 is 0 Å². The molecular formula is C26H36N8O. The number of benzene rings is 1. The number of nitrogens with zero attached hydrogens (tertiary/aromatic N) is 6. The van der Waals surface area contributed by atoms with E-state index in [0.717, 1.165) is 43.6 Å². The Morgan fingerprint density at radius 2 is 1.89 bits per heavy atom. The summed E-state index contributed by atoms with van der Waals surface area (Å²) in [5, 5.41) is 4.53. The number of piperidine rings is 1. The van der Waals surface area contributed by atoms with Crippen molar-refractivity contribution < 1.29 is 4.74 Å². The molecule has 0 radical (unpaired) electrons. The summed E-state index contributed by atoms with van der Waals surface area (Å²) in [7, 11) is 2.15. The highest BCUT2D eigenvalue weighted by Gasteiger charge is 2.23. The van der Waals surface area contributed by atoms with Crippen LogP contribution in [0.15, 0.2) is 36.8 Å². The Balaban J connectivity index is 1.41. The summed E-state index contributed by atoms with van der Waals surface area (Å²) in [6.45, 7) is 7.46. The van der Waals surface area contributed by atoms with E-state index in [9.17, 15) is 0 Å². The van der Waals surface area contributed by atoms with E-state index in [1.54, 1.807) is 12.4 Å². The fraction of sp³-hybridized carbons (Fsp3) is 0.500. The number of hydrogen-bond donors (Lipinski definition) is 2. The van der Waals surface area contributed by atoms with Gasteiger partial charge in [0, 0.05) is 29.9 Å². The SMILES string of the molecule is CC(N)c1cc(-c2cnc(N)c(Oc3cnn(C4CCN(C)CC4)c3)n2)cc(N2CCC[C@H]2C)c1. The van der Waals surface area contributed by atoms with Crippen molar-refractivity contribution in [1.82, 2.24) is 24.6 Å². The number of nitrogens with two attached hydrogens (primary N) is 2. The lowest BCUT2D eigenvalue weighted by molar-refractivity contribution is 0.212. The maximum absolute atomic E-state index is 6.28. The van der Waals surface area contributed by atoms with Crippen LogP contribution in [0.1, 0.15) is 57.2 Å². The van der Waals surface area contributed by atoms with Gasteiger partial charge in [-0.3, -0.25) is 4.68 Å². The summed E-state index contributed by atoms with van der Waals surface area (Å²) in [6, 6.07) is 7.23. The molecule has 0 saturated carbocycles. The third kappa shape index (κ3) is 5.11. The Morgan fingerprint density at radius 1 is 1.09 bits per heavy atom. The minimum Gasteiger partial charge on any atom is -0.433 e. The molecule has 4 N–H and O–H groups in total. The van der Waals surface area contributed by atoms with Gasteiger partial charge in [0.15, 0.2) is 11.6 Å². The molecule has 5 rings (SSSR count). The highest BCUT2D eigenvalue weighted by Crippen LogP contribution is 2.34. The van der Waals surface area contributed by atoms with Gasteiger partial charge < -0.3 is 26.0 Å². The van der Waals surface area contributed by atoms with Crippen LogP contribution in [-0.2, 0) is 0 Å². The van der Waals surface area contributed by atoms with Crippen molar-refractivity contribution in [2.24, 2.45) is 5.73 Å². The van der Waals surface area contributed by atoms with E-state index in [4.69, 9.17) is 21.2 Å². The van der Waals surface area contributed by atoms with E-state index in [0.29, 0.717) is 23.5 Å². The first-order valence-electron chi connectivity index (χ1n) is 12.6. The molecule has 0 aliphatic carbocycles. The average Bonchev–Trinajstić information content (AvgIpc) is 3.49. The molecule has 2 aliphatic rings. The molecule has 0 bridgehead atoms. The minimum absolute atomic E-state index is 0.0884. The lowest BCUT2D eigenvalue weighted by atomic mass is 10.0. The Morgan fingerprint density at radius 3 is 2.60 bits per heavy atom. The van der Waals surface area contributed by atoms with Crippen LogP contribution >= 0.6 is 0 Å². The van der Waals surface area contributed by atoms with Crippen LogP contribution in [0, 0.1) is 0 Å². The number of nitrogen functional groups attached to an aromatic ring is 1. The van der Waals surface area contributed by atoms with Gasteiger partial charge in [0.2, 0.25) is 0 Å². The van der Waals surface area contributed by atoms with E-state index in [-0.39, 0.29) is 17.7 Å². The average molecular weight is 477 g/mol. The molecule has 4 heterocycles. The number of likely N-dealkylation sites (tertiary alicyclic amines) is 1. The van der Waals surface area contributed by atoms with E-state index in [1.807, 2.05) is 17.8 Å². The first-order chi connectivity index (χ1) is 16.9. The summed E-state index contributed by atoms with van der Waals surface area (Å²) < 4.78 is 8.05. The molecule has 186 valence electrons. The molecule has 1 unspecified atom stereocenters. The van der Waals surface area contributed by atoms with Crippen LogP contribution in [-0.4, -0.2) is 57.4 Å². The fourth-order valence-electron chi connectivity index (χ4n) is 5.07. The number of ether oxygens (including phenoxy) is 1. The first-order valence-corrected chi connectivity index (χ1v) is 12.6. The number of rotatable bonds is 6. The number of anilines is 2. The van der Waals surface area contributed by atoms with Gasteiger partial charge in [-0.25, -0.2) is 9.97 Å². The standard InChI is InChI=1S/C26H36N8O/c1-17-5-4-8-33(17)22-12-19(18(2)27)11-20(13-22)24-15-29-25(28)26(31-24)35-23-14-30-34(16-23)21-6-9-32(3)10-7-21/h11-18,21H,4-10,27H2,1-3H3,(H2,28,29)/t17-,18?/m1/s1. The van der Waals surface area contributed by atoms with Crippen molar-refractivity contribution in [2.45, 2.75) is 57.7 Å². The predicted octanol–water partition coefficient (Wildman–Crippen LogP) is 3.99. The van der Waals surface area contributed by atoms with Crippen molar-refractivity contribution in [3.05, 3.63) is 42.4 Å². The third-order valence-corrected chi connectivity index (χ3v) is 7.27. The van der Waals surface area contributed by atoms with Crippen molar-refractivity contribution in [2.75, 3.05) is 37.3 Å². The topological polar surface area (TPSA) is 111 Å². The van der Waals surface area contributed by atoms with Crippen molar-refractivity contribution in [3.63, 3.8) is 0 Å². The molecule has 2 atom stereocenters. The third-order valence-electron chi connectivity index (χ3n) is 7.27. The monoisotopic (exact) mass is 476 g/mol. The molecule has 2 saturated heterocycles. The second-order valence-corrected chi connectivity index (χ2v) is 10.0. The van der Waals surface area contributed by atoms with E-state index in [2.05, 4.69) is 52.1 Å². The molecule has 1 aromatic carbocycles. The van der Waals surface area contributed by atoms with Crippen LogP contribution in [0.25, 0.3) is 11.3 Å². The smallest absolute Gasteiger partial charge is 0.263 e. The van der Waals surface area contributed by atoms with Crippen molar-refractivity contribution >= 4 is 11.5 Å². The molecule has 35 heavy (non-hydrogen) atoms. The zero-order chi connectivity index (χ0) is 24.5. The van der Waals surface area contributed by atoms with Crippen molar-refractivity contribution in [1.29, 1.82) is 0 Å². The largest absolute Gasteiger partial charge is 0.433 e. The Bertz CT molecular complexity index is 1170. The number of aromatic nitrogens is 4. The minimum atomic E-state index is -0.0884. The summed E-state index contributed by atoms with van der Waals surface area (Å²) >= 11 is 0. The molecule has 2 fully saturated rings. The molecule has 9 nitrogen and oxygen atoms in total. The highest BCUT2D eigenvalue weighted by atomic mass is 16.5. The van der Waals surface area contributed by atoms with Gasteiger partial charge in [-0.1, -0.05) is 0 Å². The lowest BCUT2D eigenvalue weighted by Crippen LogP contribution is -2.31. The summed E-state index contributed by atoms with van der Waals surface area (Å²) in [6.07, 6.45) is 9.88. The van der Waals surface area contributed by atoms with E-state index >= 15 is 0 Å². The van der Waals surface area contributed by atoms with Gasteiger partial charge in [-0.2, -0.15) is 5.10 Å².